The predicted octanol–water partition coefficient (Wildman–Crippen LogP) is 3.04. The molecule has 1 rings (SSSR count). The van der Waals surface area contributed by atoms with Crippen LogP contribution in [0.5, 0.6) is 11.5 Å². The van der Waals surface area contributed by atoms with Crippen LogP contribution in [0.15, 0.2) is 18.2 Å². The van der Waals surface area contributed by atoms with Crippen molar-refractivity contribution in [2.75, 3.05) is 19.8 Å². The second-order valence-corrected chi connectivity index (χ2v) is 6.14. The smallest absolute Gasteiger partial charge is 0.422 e. The third-order valence-corrected chi connectivity index (χ3v) is 2.69. The highest BCUT2D eigenvalue weighted by Gasteiger charge is 2.30. The minimum absolute atomic E-state index is 0.0296. The number of nitrogens with one attached hydrogen (secondary N) is 1. The Morgan fingerprint density at radius 2 is 1.58 bits per heavy atom. The molecule has 0 heterocycles. The summed E-state index contributed by atoms with van der Waals surface area (Å²) in [7, 11) is 0. The maximum Gasteiger partial charge on any atom is 0.422 e. The largest absolute Gasteiger partial charge is 0.484 e. The highest BCUT2D eigenvalue weighted by atomic mass is 19.4. The Morgan fingerprint density at radius 1 is 1.04 bits per heavy atom. The molecule has 0 atom stereocenters. The summed E-state index contributed by atoms with van der Waals surface area (Å²) in [6.45, 7) is -0.127. The second kappa shape index (κ2) is 8.02. The summed E-state index contributed by atoms with van der Waals surface area (Å²) >= 11 is 0. The minimum atomic E-state index is -4.65. The molecule has 0 aliphatic carbocycles. The van der Waals surface area contributed by atoms with E-state index in [1.165, 1.54) is 0 Å². The van der Waals surface area contributed by atoms with E-state index in [0.29, 0.717) is 0 Å². The molecule has 0 radical (unpaired) electrons. The van der Waals surface area contributed by atoms with Gasteiger partial charge in [0.2, 0.25) is 0 Å². The first kappa shape index (κ1) is 21.9. The lowest BCUT2D eigenvalue weighted by Gasteiger charge is -2.20. The van der Waals surface area contributed by atoms with Crippen molar-refractivity contribution in [3.8, 4) is 11.5 Å². The molecule has 0 unspecified atom stereocenters. The van der Waals surface area contributed by atoms with Gasteiger partial charge < -0.3 is 20.5 Å². The quantitative estimate of drug-likeness (QED) is 0.705. The van der Waals surface area contributed by atoms with Gasteiger partial charge in [0.25, 0.3) is 5.91 Å². The molecule has 0 bridgehead atoms. The maximum atomic E-state index is 12.3. The number of hydrogen-bond acceptors (Lipinski definition) is 4. The zero-order chi connectivity index (χ0) is 20.2. The Kier molecular flexibility index (Phi) is 6.75. The molecule has 0 saturated carbocycles. The lowest BCUT2D eigenvalue weighted by Crippen LogP contribution is -2.45. The molecule has 26 heavy (non-hydrogen) atoms. The Bertz CT molecular complexity index is 623. The molecule has 0 aliphatic rings. The van der Waals surface area contributed by atoms with Crippen molar-refractivity contribution in [2.45, 2.75) is 31.7 Å². The molecule has 3 N–H and O–H groups in total. The predicted molar refractivity (Wildman–Crippen MR) is 80.1 cm³/mol. The van der Waals surface area contributed by atoms with Crippen molar-refractivity contribution in [1.82, 2.24) is 5.32 Å². The molecule has 148 valence electrons. The van der Waals surface area contributed by atoms with Crippen molar-refractivity contribution in [1.29, 1.82) is 0 Å². The molecule has 0 saturated heterocycles. The first-order valence-corrected chi connectivity index (χ1v) is 7.26. The van der Waals surface area contributed by atoms with E-state index in [1.807, 2.05) is 0 Å². The van der Waals surface area contributed by atoms with E-state index in [2.05, 4.69) is 14.8 Å². The molecule has 0 aromatic heterocycles. The van der Waals surface area contributed by atoms with E-state index in [1.54, 1.807) is 13.8 Å². The van der Waals surface area contributed by atoms with Gasteiger partial charge in [-0.25, -0.2) is 0 Å². The number of alkyl halides is 6. The normalized spacial score (nSPS) is 12.7. The van der Waals surface area contributed by atoms with E-state index < -0.39 is 48.3 Å². The number of ether oxygens (including phenoxy) is 2. The molecule has 0 spiro atoms. The molecule has 0 fully saturated rings. The summed E-state index contributed by atoms with van der Waals surface area (Å²) in [6.07, 6.45) is -9.27. The van der Waals surface area contributed by atoms with Crippen molar-refractivity contribution in [3.05, 3.63) is 23.8 Å². The molecule has 1 amide bonds. The van der Waals surface area contributed by atoms with Gasteiger partial charge in [-0.15, -0.1) is 0 Å². The van der Waals surface area contributed by atoms with Gasteiger partial charge in [0.15, 0.2) is 13.2 Å². The van der Waals surface area contributed by atoms with Crippen LogP contribution in [0, 0.1) is 0 Å². The summed E-state index contributed by atoms with van der Waals surface area (Å²) in [5.74, 6) is -1.66. The Labute approximate surface area is 145 Å². The fourth-order valence-electron chi connectivity index (χ4n) is 1.63. The van der Waals surface area contributed by atoms with Gasteiger partial charge in [-0.2, -0.15) is 26.3 Å². The van der Waals surface area contributed by atoms with Crippen LogP contribution in [0.2, 0.25) is 0 Å². The van der Waals surface area contributed by atoms with Crippen LogP contribution < -0.4 is 20.5 Å². The zero-order valence-electron chi connectivity index (χ0n) is 13.9. The van der Waals surface area contributed by atoms with E-state index >= 15 is 0 Å². The molecular formula is C15H18F6N2O3. The summed E-state index contributed by atoms with van der Waals surface area (Å²) in [5, 5.41) is 2.37. The number of carbonyl (C=O) groups is 1. The monoisotopic (exact) mass is 388 g/mol. The third-order valence-electron chi connectivity index (χ3n) is 2.69. The zero-order valence-corrected chi connectivity index (χ0v) is 13.9. The number of rotatable bonds is 7. The van der Waals surface area contributed by atoms with Crippen LogP contribution in [0.25, 0.3) is 0 Å². The van der Waals surface area contributed by atoms with Crippen LogP contribution in [-0.4, -0.2) is 43.6 Å². The van der Waals surface area contributed by atoms with Crippen molar-refractivity contribution in [3.63, 3.8) is 0 Å². The second-order valence-electron chi connectivity index (χ2n) is 6.14. The Balaban J connectivity index is 3.02. The number of halogens is 6. The van der Waals surface area contributed by atoms with Crippen LogP contribution in [0.1, 0.15) is 24.2 Å². The third kappa shape index (κ3) is 8.79. The fourth-order valence-corrected chi connectivity index (χ4v) is 1.63. The van der Waals surface area contributed by atoms with Gasteiger partial charge in [-0.1, -0.05) is 0 Å². The lowest BCUT2D eigenvalue weighted by atomic mass is 10.1. The number of benzene rings is 1. The molecule has 0 aliphatic heterocycles. The van der Waals surface area contributed by atoms with E-state index in [0.717, 1.165) is 18.2 Å². The Morgan fingerprint density at radius 3 is 2.08 bits per heavy atom. The van der Waals surface area contributed by atoms with Crippen LogP contribution in [0.3, 0.4) is 0 Å². The molecule has 5 nitrogen and oxygen atoms in total. The summed E-state index contributed by atoms with van der Waals surface area (Å²) in [6, 6.07) is 2.78. The molecule has 1 aromatic carbocycles. The van der Waals surface area contributed by atoms with Gasteiger partial charge in [-0.3, -0.25) is 4.79 Å². The lowest BCUT2D eigenvalue weighted by molar-refractivity contribution is -0.154. The van der Waals surface area contributed by atoms with E-state index in [4.69, 9.17) is 5.73 Å². The first-order valence-electron chi connectivity index (χ1n) is 7.26. The van der Waals surface area contributed by atoms with Crippen LogP contribution in [-0.2, 0) is 0 Å². The minimum Gasteiger partial charge on any atom is -0.484 e. The number of amides is 1. The average molecular weight is 388 g/mol. The van der Waals surface area contributed by atoms with Crippen molar-refractivity contribution < 1.29 is 40.6 Å². The van der Waals surface area contributed by atoms with Gasteiger partial charge in [-0.05, 0) is 32.0 Å². The SMILES string of the molecule is CC(C)(N)CNC(=O)c1cc(OCC(F)(F)F)ccc1OCC(F)(F)F. The van der Waals surface area contributed by atoms with Crippen molar-refractivity contribution >= 4 is 5.91 Å². The Hall–Kier alpha value is -2.17. The maximum absolute atomic E-state index is 12.3. The number of carbonyl (C=O) groups excluding carboxylic acids is 1. The van der Waals surface area contributed by atoms with Gasteiger partial charge in [0.05, 0.1) is 5.56 Å². The van der Waals surface area contributed by atoms with E-state index in [9.17, 15) is 31.1 Å². The molecular weight excluding hydrogens is 370 g/mol. The van der Waals surface area contributed by atoms with Gasteiger partial charge in [0.1, 0.15) is 11.5 Å². The van der Waals surface area contributed by atoms with E-state index in [-0.39, 0.29) is 12.3 Å². The van der Waals surface area contributed by atoms with Crippen LogP contribution >= 0.6 is 0 Å². The fraction of sp³-hybridized carbons (Fsp3) is 0.533. The van der Waals surface area contributed by atoms with Gasteiger partial charge >= 0.3 is 12.4 Å². The highest BCUT2D eigenvalue weighted by molar-refractivity contribution is 5.97. The van der Waals surface area contributed by atoms with Gasteiger partial charge in [0, 0.05) is 12.1 Å². The summed E-state index contributed by atoms with van der Waals surface area (Å²) < 4.78 is 82.7. The standard InChI is InChI=1S/C15H18F6N2O3/c1-13(2,22)6-23-12(24)10-5-9(25-7-14(16,17)18)3-4-11(10)26-8-15(19,20)21/h3-5H,6-8,22H2,1-2H3,(H,23,24). The molecule has 1 aromatic rings. The first-order chi connectivity index (χ1) is 11.7. The highest BCUT2D eigenvalue weighted by Crippen LogP contribution is 2.27. The van der Waals surface area contributed by atoms with Crippen molar-refractivity contribution in [2.24, 2.45) is 5.73 Å². The topological polar surface area (TPSA) is 73.6 Å². The molecule has 11 heteroatoms. The average Bonchev–Trinajstić information content (AvgIpc) is 2.46. The number of nitrogens with two attached hydrogens (primary N) is 1. The summed E-state index contributed by atoms with van der Waals surface area (Å²) in [4.78, 5) is 12.2. The summed E-state index contributed by atoms with van der Waals surface area (Å²) in [5.41, 5.74) is 4.48. The number of hydrogen-bond donors (Lipinski definition) is 2. The van der Waals surface area contributed by atoms with Crippen LogP contribution in [0.4, 0.5) is 26.3 Å².